The average molecular weight is 512 g/mol. The Labute approximate surface area is 211 Å². The van der Waals surface area contributed by atoms with Gasteiger partial charge in [-0.05, 0) is 36.8 Å². The lowest BCUT2D eigenvalue weighted by molar-refractivity contribution is -0.114. The minimum atomic E-state index is -3.86. The molecule has 0 spiro atoms. The molecule has 36 heavy (non-hydrogen) atoms. The largest absolute Gasteiger partial charge is 0.497 e. The number of methoxy groups -OCH3 is 2. The highest BCUT2D eigenvalue weighted by atomic mass is 32.2. The van der Waals surface area contributed by atoms with Crippen LogP contribution >= 0.6 is 0 Å². The molecule has 0 aliphatic carbocycles. The second-order valence-corrected chi connectivity index (χ2v) is 9.91. The van der Waals surface area contributed by atoms with Gasteiger partial charge in [0.2, 0.25) is 15.9 Å². The van der Waals surface area contributed by atoms with E-state index in [0.29, 0.717) is 5.75 Å². The highest BCUT2D eigenvalue weighted by Crippen LogP contribution is 2.33. The van der Waals surface area contributed by atoms with Crippen LogP contribution in [0.2, 0.25) is 0 Å². The standard InChI is InChI=1S/C26H29N3O6S/c1-18(19-10-6-5-7-11-19)27-26(31)21-12-8-9-13-22(21)28-25(30)17-29(36(4,32)33)23-15-14-20(34-2)16-24(23)35-3/h5-16,18H,17H2,1-4H3,(H,27,31)(H,28,30)/t18-/m1/s1. The summed E-state index contributed by atoms with van der Waals surface area (Å²) in [6.45, 7) is 1.33. The first-order valence-electron chi connectivity index (χ1n) is 11.1. The van der Waals surface area contributed by atoms with Gasteiger partial charge in [-0.3, -0.25) is 13.9 Å². The van der Waals surface area contributed by atoms with Crippen LogP contribution in [0.25, 0.3) is 0 Å². The number of anilines is 2. The van der Waals surface area contributed by atoms with Crippen LogP contribution in [0.4, 0.5) is 11.4 Å². The van der Waals surface area contributed by atoms with Crippen LogP contribution in [0.3, 0.4) is 0 Å². The van der Waals surface area contributed by atoms with Crippen molar-refractivity contribution in [2.24, 2.45) is 0 Å². The number of carbonyl (C=O) groups excluding carboxylic acids is 2. The molecule has 9 nitrogen and oxygen atoms in total. The number of nitrogens with zero attached hydrogens (tertiary/aromatic N) is 1. The Morgan fingerprint density at radius 3 is 2.25 bits per heavy atom. The predicted octanol–water partition coefficient (Wildman–Crippen LogP) is 3.60. The monoisotopic (exact) mass is 511 g/mol. The molecule has 0 saturated heterocycles. The van der Waals surface area contributed by atoms with Crippen LogP contribution in [-0.4, -0.2) is 47.3 Å². The summed E-state index contributed by atoms with van der Waals surface area (Å²) in [6, 6.07) is 20.3. The van der Waals surface area contributed by atoms with E-state index in [0.717, 1.165) is 16.1 Å². The second kappa shape index (κ2) is 11.6. The number of hydrogen-bond donors (Lipinski definition) is 2. The van der Waals surface area contributed by atoms with Gasteiger partial charge in [0.15, 0.2) is 0 Å². The summed E-state index contributed by atoms with van der Waals surface area (Å²) in [6.07, 6.45) is 0.996. The van der Waals surface area contributed by atoms with Crippen molar-refractivity contribution in [3.63, 3.8) is 0 Å². The van der Waals surface area contributed by atoms with Crippen molar-refractivity contribution in [1.29, 1.82) is 0 Å². The van der Waals surface area contributed by atoms with E-state index in [1.807, 2.05) is 37.3 Å². The fourth-order valence-corrected chi connectivity index (χ4v) is 4.44. The quantitative estimate of drug-likeness (QED) is 0.430. The molecule has 0 heterocycles. The van der Waals surface area contributed by atoms with E-state index in [1.54, 1.807) is 30.3 Å². The maximum absolute atomic E-state index is 13.0. The van der Waals surface area contributed by atoms with Gasteiger partial charge in [-0.1, -0.05) is 42.5 Å². The smallest absolute Gasteiger partial charge is 0.253 e. The van der Waals surface area contributed by atoms with Gasteiger partial charge in [0.25, 0.3) is 5.91 Å². The number of carbonyl (C=O) groups is 2. The van der Waals surface area contributed by atoms with E-state index in [-0.39, 0.29) is 34.6 Å². The molecular weight excluding hydrogens is 482 g/mol. The van der Waals surface area contributed by atoms with Gasteiger partial charge >= 0.3 is 0 Å². The minimum absolute atomic E-state index is 0.179. The molecule has 0 bridgehead atoms. The first kappa shape index (κ1) is 26.6. The number of ether oxygens (including phenoxy) is 2. The molecule has 0 aliphatic heterocycles. The number of hydrogen-bond acceptors (Lipinski definition) is 6. The Balaban J connectivity index is 1.81. The average Bonchev–Trinajstić information content (AvgIpc) is 2.87. The van der Waals surface area contributed by atoms with Crippen molar-refractivity contribution < 1.29 is 27.5 Å². The van der Waals surface area contributed by atoms with Gasteiger partial charge in [0, 0.05) is 6.07 Å². The number of nitrogens with one attached hydrogen (secondary N) is 2. The lowest BCUT2D eigenvalue weighted by Gasteiger charge is -2.24. The molecular formula is C26H29N3O6S. The number of benzene rings is 3. The molecule has 0 aromatic heterocycles. The Bertz CT molecular complexity index is 1330. The molecule has 0 saturated carbocycles. The molecule has 0 fully saturated rings. The molecule has 190 valence electrons. The fraction of sp³-hybridized carbons (Fsp3) is 0.231. The topological polar surface area (TPSA) is 114 Å². The van der Waals surface area contributed by atoms with Crippen molar-refractivity contribution in [1.82, 2.24) is 5.32 Å². The van der Waals surface area contributed by atoms with Gasteiger partial charge in [-0.25, -0.2) is 8.42 Å². The third-order valence-corrected chi connectivity index (χ3v) is 6.56. The van der Waals surface area contributed by atoms with Crippen molar-refractivity contribution >= 4 is 33.2 Å². The summed E-state index contributed by atoms with van der Waals surface area (Å²) in [5.74, 6) is -0.311. The van der Waals surface area contributed by atoms with Gasteiger partial charge in [-0.2, -0.15) is 0 Å². The molecule has 10 heteroatoms. The summed E-state index contributed by atoms with van der Waals surface area (Å²) >= 11 is 0. The van der Waals surface area contributed by atoms with Gasteiger partial charge < -0.3 is 20.1 Å². The number of para-hydroxylation sites is 1. The van der Waals surface area contributed by atoms with Crippen LogP contribution in [0, 0.1) is 0 Å². The third-order valence-electron chi connectivity index (χ3n) is 5.44. The normalized spacial score (nSPS) is 11.8. The molecule has 0 radical (unpaired) electrons. The van der Waals surface area contributed by atoms with E-state index in [9.17, 15) is 18.0 Å². The van der Waals surface area contributed by atoms with Crippen LogP contribution < -0.4 is 24.4 Å². The molecule has 0 unspecified atom stereocenters. The maximum atomic E-state index is 13.0. The maximum Gasteiger partial charge on any atom is 0.253 e. The van der Waals surface area contributed by atoms with Crippen molar-refractivity contribution in [3.8, 4) is 11.5 Å². The molecule has 3 aromatic rings. The zero-order valence-corrected chi connectivity index (χ0v) is 21.3. The molecule has 0 aliphatic rings. The summed E-state index contributed by atoms with van der Waals surface area (Å²) in [5.41, 5.74) is 1.63. The first-order chi connectivity index (χ1) is 17.1. The van der Waals surface area contributed by atoms with Crippen LogP contribution in [-0.2, 0) is 14.8 Å². The Kier molecular flexibility index (Phi) is 8.55. The molecule has 1 atom stereocenters. The lowest BCUT2D eigenvalue weighted by Crippen LogP contribution is -2.38. The number of amides is 2. The number of sulfonamides is 1. The zero-order chi connectivity index (χ0) is 26.3. The van der Waals surface area contributed by atoms with E-state index in [1.165, 1.54) is 26.4 Å². The molecule has 2 N–H and O–H groups in total. The van der Waals surface area contributed by atoms with E-state index < -0.39 is 22.5 Å². The predicted molar refractivity (Wildman–Crippen MR) is 139 cm³/mol. The van der Waals surface area contributed by atoms with Crippen molar-refractivity contribution in [2.75, 3.05) is 36.6 Å². The van der Waals surface area contributed by atoms with Gasteiger partial charge in [0.1, 0.15) is 18.0 Å². The molecule has 3 rings (SSSR count). The summed E-state index contributed by atoms with van der Waals surface area (Å²) in [4.78, 5) is 26.0. The first-order valence-corrected chi connectivity index (χ1v) is 12.9. The molecule has 3 aromatic carbocycles. The summed E-state index contributed by atoms with van der Waals surface area (Å²) in [5, 5.41) is 5.58. The third kappa shape index (κ3) is 6.54. The Morgan fingerprint density at radius 2 is 1.61 bits per heavy atom. The second-order valence-electron chi connectivity index (χ2n) is 8.01. The fourth-order valence-electron chi connectivity index (χ4n) is 3.58. The summed E-state index contributed by atoms with van der Waals surface area (Å²) in [7, 11) is -0.989. The Morgan fingerprint density at radius 1 is 0.944 bits per heavy atom. The van der Waals surface area contributed by atoms with Crippen LogP contribution in [0.5, 0.6) is 11.5 Å². The van der Waals surface area contributed by atoms with Crippen LogP contribution in [0.1, 0.15) is 28.9 Å². The minimum Gasteiger partial charge on any atom is -0.497 e. The van der Waals surface area contributed by atoms with E-state index in [4.69, 9.17) is 9.47 Å². The van der Waals surface area contributed by atoms with Crippen molar-refractivity contribution in [3.05, 3.63) is 83.9 Å². The Hall–Kier alpha value is -4.05. The van der Waals surface area contributed by atoms with Gasteiger partial charge in [-0.15, -0.1) is 0 Å². The zero-order valence-electron chi connectivity index (χ0n) is 20.5. The van der Waals surface area contributed by atoms with E-state index in [2.05, 4.69) is 10.6 Å². The number of rotatable bonds is 10. The summed E-state index contributed by atoms with van der Waals surface area (Å²) < 4.78 is 36.5. The van der Waals surface area contributed by atoms with Crippen LogP contribution in [0.15, 0.2) is 72.8 Å². The van der Waals surface area contributed by atoms with Crippen molar-refractivity contribution in [2.45, 2.75) is 13.0 Å². The van der Waals surface area contributed by atoms with E-state index >= 15 is 0 Å². The molecule has 2 amide bonds. The highest BCUT2D eigenvalue weighted by molar-refractivity contribution is 7.92. The highest BCUT2D eigenvalue weighted by Gasteiger charge is 2.25. The lowest BCUT2D eigenvalue weighted by atomic mass is 10.1. The van der Waals surface area contributed by atoms with Gasteiger partial charge in [0.05, 0.1) is 43.5 Å². The SMILES string of the molecule is COc1ccc(N(CC(=O)Nc2ccccc2C(=O)N[C@H](C)c2ccccc2)S(C)(=O)=O)c(OC)c1.